The maximum atomic E-state index is 12.4. The van der Waals surface area contributed by atoms with Gasteiger partial charge in [0.2, 0.25) is 5.95 Å². The van der Waals surface area contributed by atoms with Gasteiger partial charge in [-0.3, -0.25) is 14.3 Å². The molecule has 5 aromatic rings. The molecule has 2 aromatic heterocycles. The fourth-order valence-electron chi connectivity index (χ4n) is 6.43. The fourth-order valence-corrected chi connectivity index (χ4v) is 7.20. The van der Waals surface area contributed by atoms with Gasteiger partial charge in [-0.05, 0) is 61.7 Å². The van der Waals surface area contributed by atoms with Crippen molar-refractivity contribution in [2.75, 3.05) is 46.2 Å². The summed E-state index contributed by atoms with van der Waals surface area (Å²) in [5.41, 5.74) is 7.11. The summed E-state index contributed by atoms with van der Waals surface area (Å²) in [7, 11) is 0.837. The fraction of sp³-hybridized carbons (Fsp3) is 0.378. The van der Waals surface area contributed by atoms with Gasteiger partial charge in [-0.1, -0.05) is 59.2 Å². The molecule has 1 aliphatic rings. The molecule has 3 heterocycles. The average molecular weight is 750 g/mol. The number of fused-ring (bicyclic) bond motifs is 1. The Bertz CT molecular complexity index is 1900. The molecule has 1 saturated heterocycles. The van der Waals surface area contributed by atoms with Crippen LogP contribution >= 0.6 is 7.23 Å². The smallest absolute Gasteiger partial charge is 0.372 e. The van der Waals surface area contributed by atoms with Gasteiger partial charge in [0, 0.05) is 6.42 Å². The van der Waals surface area contributed by atoms with E-state index >= 15 is 0 Å². The number of hydrogen-bond acceptors (Lipinski definition) is 11. The molecule has 0 aliphatic carbocycles. The van der Waals surface area contributed by atoms with Crippen molar-refractivity contribution in [3.05, 3.63) is 112 Å². The molecule has 52 heavy (non-hydrogen) atoms. The number of quaternary nitrogens is 1. The van der Waals surface area contributed by atoms with Crippen LogP contribution in [0.3, 0.4) is 0 Å². The molecule has 1 fully saturated rings. The first-order valence-electron chi connectivity index (χ1n) is 17.2. The number of aromatic nitrogens is 4. The summed E-state index contributed by atoms with van der Waals surface area (Å²) in [6, 6.07) is 25.1. The van der Waals surface area contributed by atoms with Crippen LogP contribution in [0, 0.1) is 0 Å². The monoisotopic (exact) mass is 749 g/mol. The lowest BCUT2D eigenvalue weighted by Gasteiger charge is -2.37. The lowest BCUT2D eigenvalue weighted by atomic mass is 9.80. The summed E-state index contributed by atoms with van der Waals surface area (Å²) < 4.78 is 43.8. The molecular weight excluding hydrogens is 703 g/mol. The third-order valence-corrected chi connectivity index (χ3v) is 10.0. The van der Waals surface area contributed by atoms with E-state index in [0.717, 1.165) is 16.7 Å². The molecule has 276 valence electrons. The number of methoxy groups -OCH3 is 2. The van der Waals surface area contributed by atoms with Crippen LogP contribution in [0.5, 0.6) is 11.5 Å². The minimum absolute atomic E-state index is 0.00933. The molecule has 0 radical (unpaired) electrons. The molecule has 0 amide bonds. The largest absolute Gasteiger partial charge is 0.497 e. The lowest BCUT2D eigenvalue weighted by Crippen LogP contribution is -3.11. The number of nitrogens with one attached hydrogen (secondary N) is 2. The van der Waals surface area contributed by atoms with Crippen LogP contribution in [-0.2, 0) is 36.4 Å². The van der Waals surface area contributed by atoms with E-state index in [2.05, 4.69) is 35.7 Å². The highest BCUT2D eigenvalue weighted by Crippen LogP contribution is 2.44. The molecule has 0 saturated carbocycles. The zero-order valence-electron chi connectivity index (χ0n) is 30.0. The number of ether oxygens (including phenoxy) is 4. The Kier molecular flexibility index (Phi) is 13.4. The Hall–Kier alpha value is -4.30. The number of H-pyrrole nitrogens is 1. The van der Waals surface area contributed by atoms with Crippen LogP contribution in [0.25, 0.3) is 11.2 Å². The Labute approximate surface area is 309 Å². The Morgan fingerprint density at radius 2 is 1.50 bits per heavy atom. The highest BCUT2D eigenvalue weighted by Gasteiger charge is 2.44. The van der Waals surface area contributed by atoms with E-state index < -0.39 is 36.8 Å². The van der Waals surface area contributed by atoms with Crippen molar-refractivity contribution in [2.45, 2.75) is 51.2 Å². The van der Waals surface area contributed by atoms with E-state index in [4.69, 9.17) is 41.5 Å². The molecule has 4 N–H and O–H groups in total. The van der Waals surface area contributed by atoms with Crippen molar-refractivity contribution in [2.24, 2.45) is 0 Å². The molecule has 6 rings (SSSR count). The van der Waals surface area contributed by atoms with Gasteiger partial charge < -0.3 is 41.8 Å². The Balaban J connectivity index is 0.000000679. The first kappa shape index (κ1) is 38.9. The van der Waals surface area contributed by atoms with Crippen molar-refractivity contribution in [3.8, 4) is 11.5 Å². The zero-order valence-corrected chi connectivity index (χ0v) is 31.7. The molecule has 0 spiro atoms. The maximum absolute atomic E-state index is 12.4. The van der Waals surface area contributed by atoms with E-state index in [0.29, 0.717) is 11.5 Å². The second-order valence-corrected chi connectivity index (χ2v) is 13.7. The molecular formula is C37H46N6O7PS+. The molecule has 4 atom stereocenters. The second-order valence-electron chi connectivity index (χ2n) is 12.1. The number of benzene rings is 3. The van der Waals surface area contributed by atoms with Crippen molar-refractivity contribution < 1.29 is 32.9 Å². The molecule has 3 aromatic carbocycles. The van der Waals surface area contributed by atoms with Gasteiger partial charge in [0.1, 0.15) is 35.5 Å². The first-order valence-corrected chi connectivity index (χ1v) is 19.4. The van der Waals surface area contributed by atoms with Gasteiger partial charge in [-0.2, -0.15) is 9.51 Å². The van der Waals surface area contributed by atoms with Gasteiger partial charge >= 0.3 is 7.23 Å². The van der Waals surface area contributed by atoms with E-state index in [9.17, 15) is 9.36 Å². The third-order valence-electron chi connectivity index (χ3n) is 9.30. The van der Waals surface area contributed by atoms with E-state index in [1.807, 2.05) is 78.9 Å². The minimum atomic E-state index is -2.39. The second kappa shape index (κ2) is 18.0. The zero-order chi connectivity index (χ0) is 37.3. The number of nitrogen functional groups attached to an aromatic ring is 1. The predicted molar refractivity (Wildman–Crippen MR) is 202 cm³/mol. The van der Waals surface area contributed by atoms with Crippen LogP contribution in [0.4, 0.5) is 5.95 Å². The van der Waals surface area contributed by atoms with Gasteiger partial charge in [0.05, 0.1) is 46.8 Å². The summed E-state index contributed by atoms with van der Waals surface area (Å²) in [6.45, 7) is 10.5. The molecule has 0 bridgehead atoms. The van der Waals surface area contributed by atoms with E-state index in [1.165, 1.54) is 26.0 Å². The summed E-state index contributed by atoms with van der Waals surface area (Å²) in [5, 5.41) is 0. The number of nitrogens with two attached hydrogens (primary N) is 1. The van der Waals surface area contributed by atoms with Gasteiger partial charge in [-0.15, -0.1) is 0 Å². The molecule has 13 nitrogen and oxygen atoms in total. The Morgan fingerprint density at radius 1 is 0.942 bits per heavy atom. The first-order chi connectivity index (χ1) is 25.2. The number of imidazole rings is 1. The minimum Gasteiger partial charge on any atom is -0.497 e. The van der Waals surface area contributed by atoms with E-state index in [-0.39, 0.29) is 30.1 Å². The summed E-state index contributed by atoms with van der Waals surface area (Å²) in [6.07, 6.45) is -0.398. The average Bonchev–Trinajstić information content (AvgIpc) is 3.77. The van der Waals surface area contributed by atoms with Crippen molar-refractivity contribution in [1.29, 1.82) is 0 Å². The SMILES string of the molecule is CC[NH+](CC)CC.COc1ccc(C(OC[C@H]2O[C@@H](n3cnc4c(=O)[nH]c(N)nc43)C[C@@H]2O[P+](=O)[S-])(c2ccccc2)c2ccc(OC)cc2)cc1. The van der Waals surface area contributed by atoms with Crippen molar-refractivity contribution >= 4 is 36.6 Å². The lowest BCUT2D eigenvalue weighted by molar-refractivity contribution is -0.894. The van der Waals surface area contributed by atoms with E-state index in [1.54, 1.807) is 23.7 Å². The van der Waals surface area contributed by atoms with Gasteiger partial charge in [0.25, 0.3) is 5.56 Å². The van der Waals surface area contributed by atoms with Crippen LogP contribution in [0.1, 0.15) is 50.1 Å². The summed E-state index contributed by atoms with van der Waals surface area (Å²) >= 11 is 4.93. The highest BCUT2D eigenvalue weighted by molar-refractivity contribution is 8.25. The van der Waals surface area contributed by atoms with Crippen LogP contribution < -0.4 is 25.7 Å². The normalized spacial score (nSPS) is 17.5. The quantitative estimate of drug-likeness (QED) is 0.0833. The summed E-state index contributed by atoms with van der Waals surface area (Å²) in [5.74, 6) is 1.33. The number of anilines is 1. The maximum Gasteiger partial charge on any atom is 0.372 e. The highest BCUT2D eigenvalue weighted by atomic mass is 32.7. The number of rotatable bonds is 14. The molecule has 1 unspecified atom stereocenters. The standard InChI is InChI=1S/C31H30N5O7PS.C6H15N/c1-39-22-12-8-20(9-13-22)31(19-6-4-3-5-7-19,21-10-14-23(40-2)15-11-21)41-17-25-24(43-44(38)45)16-26(42-25)36-18-33-27-28(36)34-30(32)35-29(27)37;1-4-7(5-2)6-3/h3-15,18,24-26H,16-17H2,1-2H3,(H3,32,34,35,37);4-6H2,1-3H3/p+1/t24-,25+,26+;/m0./s1. The predicted octanol–water partition coefficient (Wildman–Crippen LogP) is 4.54. The topological polar surface area (TPSA) is 157 Å². The van der Waals surface area contributed by atoms with Crippen LogP contribution in [-0.4, -0.2) is 72.2 Å². The molecule has 15 heteroatoms. The number of aromatic amines is 1. The van der Waals surface area contributed by atoms with Crippen LogP contribution in [0.2, 0.25) is 0 Å². The number of hydrogen-bond donors (Lipinski definition) is 3. The van der Waals surface area contributed by atoms with Crippen molar-refractivity contribution in [3.63, 3.8) is 0 Å². The van der Waals surface area contributed by atoms with Gasteiger partial charge in [0.15, 0.2) is 11.2 Å². The van der Waals surface area contributed by atoms with Crippen molar-refractivity contribution in [1.82, 2.24) is 19.5 Å². The van der Waals surface area contributed by atoms with Gasteiger partial charge in [-0.25, -0.2) is 4.98 Å². The van der Waals surface area contributed by atoms with Crippen LogP contribution in [0.15, 0.2) is 90.0 Å². The third kappa shape index (κ3) is 8.66. The number of nitrogens with zero attached hydrogens (tertiary/aromatic N) is 3. The Morgan fingerprint density at radius 3 is 2.00 bits per heavy atom. The summed E-state index contributed by atoms with van der Waals surface area (Å²) in [4.78, 5) is 25.0. The molecule has 1 aliphatic heterocycles.